The first-order valence-corrected chi connectivity index (χ1v) is 7.88. The van der Waals surface area contributed by atoms with E-state index < -0.39 is 0 Å². The maximum atomic E-state index is 10.8. The zero-order chi connectivity index (χ0) is 14.7. The van der Waals surface area contributed by atoms with E-state index in [9.17, 15) is 10.1 Å². The summed E-state index contributed by atoms with van der Waals surface area (Å²) in [6.07, 6.45) is 0. The van der Waals surface area contributed by atoms with Crippen molar-refractivity contribution in [2.45, 2.75) is 17.4 Å². The summed E-state index contributed by atoms with van der Waals surface area (Å²) in [7, 11) is 0. The quantitative estimate of drug-likeness (QED) is 0.677. The van der Waals surface area contributed by atoms with Crippen LogP contribution in [0.5, 0.6) is 0 Å². The number of hydrogen-bond donors (Lipinski definition) is 1. The van der Waals surface area contributed by atoms with Crippen molar-refractivity contribution < 1.29 is 4.92 Å². The van der Waals surface area contributed by atoms with Gasteiger partial charge in [-0.15, -0.1) is 11.8 Å². The van der Waals surface area contributed by atoms with Crippen LogP contribution in [0.2, 0.25) is 0 Å². The summed E-state index contributed by atoms with van der Waals surface area (Å²) in [4.78, 5) is 11.8. The Morgan fingerprint density at radius 1 is 1.24 bits per heavy atom. The summed E-state index contributed by atoms with van der Waals surface area (Å²) in [5, 5.41) is 14.2. The van der Waals surface area contributed by atoms with Gasteiger partial charge in [-0.05, 0) is 17.2 Å². The normalized spacial score (nSPS) is 16.7. The minimum Gasteiger partial charge on any atom is -0.312 e. The van der Waals surface area contributed by atoms with Crippen LogP contribution in [0, 0.1) is 10.1 Å². The van der Waals surface area contributed by atoms with E-state index in [1.807, 2.05) is 17.8 Å². The average Bonchev–Trinajstić information content (AvgIpc) is 2.91. The first-order valence-electron chi connectivity index (χ1n) is 6.90. The van der Waals surface area contributed by atoms with Crippen molar-refractivity contribution in [3.8, 4) is 0 Å². The molecular formula is C16H16N2O2S. The highest BCUT2D eigenvalue weighted by atomic mass is 32.2. The van der Waals surface area contributed by atoms with Gasteiger partial charge in [-0.3, -0.25) is 10.1 Å². The van der Waals surface area contributed by atoms with Crippen LogP contribution < -0.4 is 5.32 Å². The van der Waals surface area contributed by atoms with Crippen molar-refractivity contribution in [3.05, 3.63) is 69.8 Å². The summed E-state index contributed by atoms with van der Waals surface area (Å²) in [6, 6.07) is 15.3. The van der Waals surface area contributed by atoms with Gasteiger partial charge < -0.3 is 5.32 Å². The number of benzene rings is 2. The second kappa shape index (κ2) is 6.28. The number of non-ortho nitro benzene ring substituents is 1. The van der Waals surface area contributed by atoms with E-state index >= 15 is 0 Å². The molecule has 0 aromatic heterocycles. The lowest BCUT2D eigenvalue weighted by Gasteiger charge is -2.12. The highest BCUT2D eigenvalue weighted by molar-refractivity contribution is 7.99. The van der Waals surface area contributed by atoms with Crippen LogP contribution in [0.4, 0.5) is 5.69 Å². The number of nitro groups is 1. The molecule has 0 bridgehead atoms. The minimum absolute atomic E-state index is 0.149. The molecule has 1 heterocycles. The maximum absolute atomic E-state index is 10.8. The molecule has 0 saturated carbocycles. The molecule has 0 spiro atoms. The Balaban J connectivity index is 1.58. The number of rotatable bonds is 5. The summed E-state index contributed by atoms with van der Waals surface area (Å²) in [5.41, 5.74) is 2.51. The molecule has 0 aliphatic carbocycles. The molecule has 1 aliphatic heterocycles. The fourth-order valence-corrected chi connectivity index (χ4v) is 3.82. The van der Waals surface area contributed by atoms with E-state index in [-0.39, 0.29) is 10.6 Å². The van der Waals surface area contributed by atoms with E-state index in [1.54, 1.807) is 12.1 Å². The Hall–Kier alpha value is -1.85. The molecule has 108 valence electrons. The first-order chi connectivity index (χ1) is 10.2. The van der Waals surface area contributed by atoms with Gasteiger partial charge in [0.2, 0.25) is 0 Å². The summed E-state index contributed by atoms with van der Waals surface area (Å²) in [6.45, 7) is 1.55. The molecule has 1 atom stereocenters. The lowest BCUT2D eigenvalue weighted by molar-refractivity contribution is -0.384. The molecular weight excluding hydrogens is 284 g/mol. The minimum atomic E-state index is -0.354. The van der Waals surface area contributed by atoms with Gasteiger partial charge in [0.15, 0.2) is 0 Å². The summed E-state index contributed by atoms with van der Waals surface area (Å²) < 4.78 is 0. The van der Waals surface area contributed by atoms with Crippen LogP contribution in [0.15, 0.2) is 53.4 Å². The zero-order valence-corrected chi connectivity index (χ0v) is 12.3. The second-order valence-electron chi connectivity index (χ2n) is 5.10. The number of fused-ring (bicyclic) bond motifs is 1. The molecule has 0 amide bonds. The molecule has 1 N–H and O–H groups in total. The fraction of sp³-hybridized carbons (Fsp3) is 0.250. The summed E-state index contributed by atoms with van der Waals surface area (Å²) >= 11 is 1.90. The summed E-state index contributed by atoms with van der Waals surface area (Å²) in [5.74, 6) is 1.62. The molecule has 2 aromatic carbocycles. The van der Waals surface area contributed by atoms with E-state index in [0.29, 0.717) is 12.5 Å². The third kappa shape index (κ3) is 3.25. The molecule has 2 aromatic rings. The molecule has 1 unspecified atom stereocenters. The predicted molar refractivity (Wildman–Crippen MR) is 84.7 cm³/mol. The van der Waals surface area contributed by atoms with Crippen molar-refractivity contribution >= 4 is 17.4 Å². The van der Waals surface area contributed by atoms with Gasteiger partial charge in [-0.1, -0.05) is 30.3 Å². The van der Waals surface area contributed by atoms with Crippen LogP contribution in [-0.4, -0.2) is 17.2 Å². The Labute approximate surface area is 127 Å². The van der Waals surface area contributed by atoms with Gasteiger partial charge in [-0.2, -0.15) is 0 Å². The molecule has 4 nitrogen and oxygen atoms in total. The Morgan fingerprint density at radius 3 is 2.95 bits per heavy atom. The standard InChI is InChI=1S/C16H16N2O2S/c19-18(20)14-5-3-4-12(8-14)9-17-10-13-11-21-16-7-2-1-6-15(13)16/h1-8,13,17H,9-11H2. The first kappa shape index (κ1) is 14.1. The van der Waals surface area contributed by atoms with Crippen molar-refractivity contribution in [2.24, 2.45) is 0 Å². The van der Waals surface area contributed by atoms with Gasteiger partial charge in [0.25, 0.3) is 5.69 Å². The van der Waals surface area contributed by atoms with Crippen LogP contribution in [0.25, 0.3) is 0 Å². The number of nitrogens with one attached hydrogen (secondary N) is 1. The van der Waals surface area contributed by atoms with Crippen LogP contribution in [0.1, 0.15) is 17.0 Å². The highest BCUT2D eigenvalue weighted by Gasteiger charge is 2.21. The zero-order valence-electron chi connectivity index (χ0n) is 11.5. The number of thioether (sulfide) groups is 1. The third-order valence-electron chi connectivity index (χ3n) is 3.64. The monoisotopic (exact) mass is 300 g/mol. The van der Waals surface area contributed by atoms with E-state index in [0.717, 1.165) is 17.9 Å². The maximum Gasteiger partial charge on any atom is 0.269 e. The smallest absolute Gasteiger partial charge is 0.269 e. The number of hydrogen-bond acceptors (Lipinski definition) is 4. The lowest BCUT2D eigenvalue weighted by Crippen LogP contribution is -2.21. The van der Waals surface area contributed by atoms with Gasteiger partial charge >= 0.3 is 0 Å². The van der Waals surface area contributed by atoms with Crippen molar-refractivity contribution in [2.75, 3.05) is 12.3 Å². The molecule has 0 radical (unpaired) electrons. The Morgan fingerprint density at radius 2 is 2.10 bits per heavy atom. The third-order valence-corrected chi connectivity index (χ3v) is 4.89. The lowest BCUT2D eigenvalue weighted by atomic mass is 10.0. The van der Waals surface area contributed by atoms with Gasteiger partial charge in [0.05, 0.1) is 4.92 Å². The van der Waals surface area contributed by atoms with Gasteiger partial charge in [-0.25, -0.2) is 0 Å². The van der Waals surface area contributed by atoms with Crippen molar-refractivity contribution in [1.29, 1.82) is 0 Å². The van der Waals surface area contributed by atoms with E-state index in [1.165, 1.54) is 16.5 Å². The molecule has 0 fully saturated rings. The molecule has 3 rings (SSSR count). The Bertz CT molecular complexity index is 660. The highest BCUT2D eigenvalue weighted by Crippen LogP contribution is 2.38. The Kier molecular flexibility index (Phi) is 4.22. The van der Waals surface area contributed by atoms with E-state index in [2.05, 4.69) is 29.6 Å². The van der Waals surface area contributed by atoms with E-state index in [4.69, 9.17) is 0 Å². The van der Waals surface area contributed by atoms with Crippen LogP contribution in [0.3, 0.4) is 0 Å². The topological polar surface area (TPSA) is 55.2 Å². The fourth-order valence-electron chi connectivity index (χ4n) is 2.57. The van der Waals surface area contributed by atoms with Crippen molar-refractivity contribution in [3.63, 3.8) is 0 Å². The molecule has 1 aliphatic rings. The molecule has 21 heavy (non-hydrogen) atoms. The second-order valence-corrected chi connectivity index (χ2v) is 6.17. The SMILES string of the molecule is O=[N+]([O-])c1cccc(CNCC2CSc3ccccc32)c1. The van der Waals surface area contributed by atoms with Crippen LogP contribution >= 0.6 is 11.8 Å². The van der Waals surface area contributed by atoms with Crippen molar-refractivity contribution in [1.82, 2.24) is 5.32 Å². The van der Waals surface area contributed by atoms with Gasteiger partial charge in [0, 0.05) is 41.8 Å². The predicted octanol–water partition coefficient (Wildman–Crippen LogP) is 3.57. The molecule has 5 heteroatoms. The van der Waals surface area contributed by atoms with Gasteiger partial charge in [0.1, 0.15) is 0 Å². The van der Waals surface area contributed by atoms with Crippen LogP contribution in [-0.2, 0) is 6.54 Å². The largest absolute Gasteiger partial charge is 0.312 e. The number of nitro benzene ring substituents is 1. The number of nitrogens with zero attached hydrogens (tertiary/aromatic N) is 1. The molecule has 0 saturated heterocycles. The average molecular weight is 300 g/mol.